The molecule has 1 N–H and O–H groups in total. The van der Waals surface area contributed by atoms with Crippen molar-refractivity contribution in [2.24, 2.45) is 0 Å². The molecule has 2 aromatic heterocycles. The van der Waals surface area contributed by atoms with Gasteiger partial charge in [0, 0.05) is 31.4 Å². The number of nitrogens with one attached hydrogen (secondary N) is 1. The van der Waals surface area contributed by atoms with Crippen LogP contribution in [0.25, 0.3) is 0 Å². The molecule has 0 aliphatic rings. The Bertz CT molecular complexity index is 588. The van der Waals surface area contributed by atoms with Crippen molar-refractivity contribution in [3.05, 3.63) is 30.4 Å². The summed E-state index contributed by atoms with van der Waals surface area (Å²) in [5.74, 6) is 1.70. The molecule has 7 heteroatoms. The Labute approximate surface area is 124 Å². The number of rotatable bonds is 7. The van der Waals surface area contributed by atoms with Gasteiger partial charge in [-0.15, -0.1) is 10.2 Å². The molecule has 0 bridgehead atoms. The molecule has 114 valence electrons. The largest absolute Gasteiger partial charge is 0.349 e. The molecule has 1 amide bonds. The number of hydrogen-bond donors (Lipinski definition) is 1. The quantitative estimate of drug-likeness (QED) is 0.837. The van der Waals surface area contributed by atoms with E-state index in [2.05, 4.69) is 27.4 Å². The Balaban J connectivity index is 1.85. The van der Waals surface area contributed by atoms with Gasteiger partial charge in [-0.05, 0) is 20.3 Å². The Morgan fingerprint density at radius 2 is 2.29 bits per heavy atom. The standard InChI is InChI=1S/C14H22N6O/c1-4-6-19-10-17-18-13(19)9-16-14(21)8-11(2)20-7-5-15-12(20)3/h5,7,10-11H,4,6,8-9H2,1-3H3,(H,16,21). The summed E-state index contributed by atoms with van der Waals surface area (Å²) >= 11 is 0. The van der Waals surface area contributed by atoms with Crippen molar-refractivity contribution in [2.75, 3.05) is 0 Å². The van der Waals surface area contributed by atoms with Gasteiger partial charge < -0.3 is 14.5 Å². The zero-order valence-electron chi connectivity index (χ0n) is 12.8. The number of carbonyl (C=O) groups excluding carboxylic acids is 1. The molecule has 0 aliphatic carbocycles. The maximum absolute atomic E-state index is 12.0. The third-order valence-corrected chi connectivity index (χ3v) is 3.42. The highest BCUT2D eigenvalue weighted by Gasteiger charge is 2.13. The summed E-state index contributed by atoms with van der Waals surface area (Å²) in [4.78, 5) is 16.2. The second kappa shape index (κ2) is 7.01. The lowest BCUT2D eigenvalue weighted by molar-refractivity contribution is -0.122. The van der Waals surface area contributed by atoms with E-state index in [0.717, 1.165) is 24.6 Å². The molecule has 2 heterocycles. The minimum absolute atomic E-state index is 0.00153. The normalized spacial score (nSPS) is 12.3. The van der Waals surface area contributed by atoms with E-state index in [1.165, 1.54) is 0 Å². The highest BCUT2D eigenvalue weighted by molar-refractivity contribution is 5.76. The molecule has 0 spiro atoms. The molecule has 1 unspecified atom stereocenters. The topological polar surface area (TPSA) is 77.6 Å². The van der Waals surface area contributed by atoms with Crippen molar-refractivity contribution in [1.29, 1.82) is 0 Å². The van der Waals surface area contributed by atoms with E-state index in [-0.39, 0.29) is 11.9 Å². The van der Waals surface area contributed by atoms with Crippen molar-refractivity contribution < 1.29 is 4.79 Å². The third-order valence-electron chi connectivity index (χ3n) is 3.42. The first-order chi connectivity index (χ1) is 10.1. The van der Waals surface area contributed by atoms with E-state index in [1.54, 1.807) is 12.5 Å². The third kappa shape index (κ3) is 3.90. The van der Waals surface area contributed by atoms with Crippen LogP contribution < -0.4 is 5.32 Å². The molecular formula is C14H22N6O. The minimum atomic E-state index is 0.00153. The molecule has 7 nitrogen and oxygen atoms in total. The van der Waals surface area contributed by atoms with E-state index < -0.39 is 0 Å². The Hall–Kier alpha value is -2.18. The predicted molar refractivity (Wildman–Crippen MR) is 78.5 cm³/mol. The van der Waals surface area contributed by atoms with Gasteiger partial charge in [0.1, 0.15) is 12.2 Å². The van der Waals surface area contributed by atoms with E-state index >= 15 is 0 Å². The molecule has 2 aromatic rings. The van der Waals surface area contributed by atoms with Gasteiger partial charge in [0.05, 0.1) is 6.54 Å². The molecule has 0 radical (unpaired) electrons. The highest BCUT2D eigenvalue weighted by Crippen LogP contribution is 2.12. The van der Waals surface area contributed by atoms with Gasteiger partial charge in [0.15, 0.2) is 5.82 Å². The maximum Gasteiger partial charge on any atom is 0.222 e. The zero-order valence-corrected chi connectivity index (χ0v) is 12.8. The fraction of sp³-hybridized carbons (Fsp3) is 0.571. The van der Waals surface area contributed by atoms with Crippen LogP contribution in [0, 0.1) is 6.92 Å². The number of carbonyl (C=O) groups is 1. The average Bonchev–Trinajstić information content (AvgIpc) is 3.06. The SMILES string of the molecule is CCCn1cnnc1CNC(=O)CC(C)n1ccnc1C. The van der Waals surface area contributed by atoms with Crippen LogP contribution in [0.5, 0.6) is 0 Å². The summed E-state index contributed by atoms with van der Waals surface area (Å²) in [5, 5.41) is 10.8. The van der Waals surface area contributed by atoms with Crippen LogP contribution in [0.15, 0.2) is 18.7 Å². The van der Waals surface area contributed by atoms with Crippen molar-refractivity contribution in [3.63, 3.8) is 0 Å². The van der Waals surface area contributed by atoms with E-state index in [9.17, 15) is 4.79 Å². The van der Waals surface area contributed by atoms with Gasteiger partial charge in [-0.3, -0.25) is 4.79 Å². The number of nitrogens with zero attached hydrogens (tertiary/aromatic N) is 5. The molecule has 1 atom stereocenters. The minimum Gasteiger partial charge on any atom is -0.349 e. The Morgan fingerprint density at radius 3 is 2.95 bits per heavy atom. The monoisotopic (exact) mass is 290 g/mol. The number of aromatic nitrogens is 5. The van der Waals surface area contributed by atoms with Gasteiger partial charge in [-0.25, -0.2) is 4.98 Å². The van der Waals surface area contributed by atoms with Gasteiger partial charge in [-0.2, -0.15) is 0 Å². The second-order valence-corrected chi connectivity index (χ2v) is 5.15. The van der Waals surface area contributed by atoms with Crippen LogP contribution in [0.3, 0.4) is 0 Å². The zero-order chi connectivity index (χ0) is 15.2. The lowest BCUT2D eigenvalue weighted by atomic mass is 10.2. The van der Waals surface area contributed by atoms with Crippen LogP contribution >= 0.6 is 0 Å². The molecular weight excluding hydrogens is 268 g/mol. The van der Waals surface area contributed by atoms with E-state index in [1.807, 2.05) is 29.2 Å². The Kier molecular flexibility index (Phi) is 5.08. The van der Waals surface area contributed by atoms with Crippen LogP contribution in [-0.2, 0) is 17.9 Å². The number of imidazole rings is 1. The summed E-state index contributed by atoms with van der Waals surface area (Å²) in [7, 11) is 0. The van der Waals surface area contributed by atoms with Gasteiger partial charge in [-0.1, -0.05) is 6.92 Å². The summed E-state index contributed by atoms with van der Waals surface area (Å²) in [5.41, 5.74) is 0. The van der Waals surface area contributed by atoms with Crippen LogP contribution in [0.1, 0.15) is 44.4 Å². The number of hydrogen-bond acceptors (Lipinski definition) is 4. The van der Waals surface area contributed by atoms with E-state index in [4.69, 9.17) is 0 Å². The summed E-state index contributed by atoms with van der Waals surface area (Å²) in [6, 6.07) is 0.0843. The van der Waals surface area contributed by atoms with Crippen molar-refractivity contribution in [2.45, 2.75) is 52.7 Å². The number of amides is 1. The van der Waals surface area contributed by atoms with Crippen LogP contribution in [-0.4, -0.2) is 30.2 Å². The van der Waals surface area contributed by atoms with Gasteiger partial charge in [0.2, 0.25) is 5.91 Å². The molecule has 0 saturated carbocycles. The van der Waals surface area contributed by atoms with Crippen LogP contribution in [0.2, 0.25) is 0 Å². The lowest BCUT2D eigenvalue weighted by Gasteiger charge is -2.14. The van der Waals surface area contributed by atoms with Gasteiger partial charge >= 0.3 is 0 Å². The summed E-state index contributed by atoms with van der Waals surface area (Å²) in [6.07, 6.45) is 6.76. The lowest BCUT2D eigenvalue weighted by Crippen LogP contribution is -2.27. The fourth-order valence-corrected chi connectivity index (χ4v) is 2.31. The molecule has 21 heavy (non-hydrogen) atoms. The van der Waals surface area contributed by atoms with Crippen molar-refractivity contribution in [1.82, 2.24) is 29.6 Å². The molecule has 2 rings (SSSR count). The second-order valence-electron chi connectivity index (χ2n) is 5.15. The predicted octanol–water partition coefficient (Wildman–Crippen LogP) is 1.46. The van der Waals surface area contributed by atoms with Gasteiger partial charge in [0.25, 0.3) is 0 Å². The molecule has 0 aromatic carbocycles. The summed E-state index contributed by atoms with van der Waals surface area (Å²) < 4.78 is 3.96. The maximum atomic E-state index is 12.0. The van der Waals surface area contributed by atoms with E-state index in [0.29, 0.717) is 13.0 Å². The fourth-order valence-electron chi connectivity index (χ4n) is 2.31. The smallest absolute Gasteiger partial charge is 0.222 e. The average molecular weight is 290 g/mol. The molecule has 0 fully saturated rings. The summed E-state index contributed by atoms with van der Waals surface area (Å²) in [6.45, 7) is 7.31. The molecule has 0 aliphatic heterocycles. The first-order valence-corrected chi connectivity index (χ1v) is 7.24. The van der Waals surface area contributed by atoms with Crippen molar-refractivity contribution in [3.8, 4) is 0 Å². The Morgan fingerprint density at radius 1 is 1.48 bits per heavy atom. The molecule has 0 saturated heterocycles. The van der Waals surface area contributed by atoms with Crippen molar-refractivity contribution >= 4 is 5.91 Å². The first-order valence-electron chi connectivity index (χ1n) is 7.24. The highest BCUT2D eigenvalue weighted by atomic mass is 16.1. The van der Waals surface area contributed by atoms with Crippen LogP contribution in [0.4, 0.5) is 0 Å². The number of aryl methyl sites for hydroxylation is 2. The first kappa shape index (κ1) is 15.2.